The Bertz CT molecular complexity index is 1070. The maximum absolute atomic E-state index is 13.8. The van der Waals surface area contributed by atoms with Crippen molar-refractivity contribution in [3.63, 3.8) is 0 Å². The molecule has 0 aromatic carbocycles. The van der Waals surface area contributed by atoms with E-state index >= 15 is 0 Å². The molecule has 1 saturated heterocycles. The van der Waals surface area contributed by atoms with E-state index < -0.39 is 49.4 Å². The van der Waals surface area contributed by atoms with Crippen LogP contribution in [0.1, 0.15) is 34.6 Å². The molecule has 3 heterocycles. The van der Waals surface area contributed by atoms with Crippen molar-refractivity contribution < 1.29 is 45.4 Å². The van der Waals surface area contributed by atoms with Gasteiger partial charge in [-0.1, -0.05) is 0 Å². The van der Waals surface area contributed by atoms with E-state index in [1.807, 2.05) is 4.90 Å². The summed E-state index contributed by atoms with van der Waals surface area (Å²) >= 11 is 0.794. The molecule has 1 aliphatic rings. The smallest absolute Gasteiger partial charge is 0.447 e. The molecule has 2 aromatic heterocycles. The van der Waals surface area contributed by atoms with Crippen LogP contribution in [0.15, 0.2) is 11.4 Å². The number of ether oxygens (including phenoxy) is 2. The van der Waals surface area contributed by atoms with Crippen molar-refractivity contribution in [2.45, 2.75) is 25.5 Å². The Balaban J connectivity index is 1.70. The van der Waals surface area contributed by atoms with Crippen molar-refractivity contribution in [2.75, 3.05) is 46.4 Å². The number of carbonyl (C=O) groups excluding carboxylic acids is 2. The third-order valence-corrected chi connectivity index (χ3v) is 6.44. The van der Waals surface area contributed by atoms with Crippen molar-refractivity contribution >= 4 is 33.6 Å². The van der Waals surface area contributed by atoms with E-state index in [0.29, 0.717) is 0 Å². The van der Waals surface area contributed by atoms with Crippen LogP contribution in [0.5, 0.6) is 0 Å². The first-order valence-corrected chi connectivity index (χ1v) is 11.3. The number of aromatic nitrogens is 1. The van der Waals surface area contributed by atoms with Gasteiger partial charge in [0.15, 0.2) is 0 Å². The number of carbonyl (C=O) groups is 2. The minimum atomic E-state index is -4.82. The summed E-state index contributed by atoms with van der Waals surface area (Å²) in [7, 11) is 1.37. The minimum Gasteiger partial charge on any atom is -0.447 e. The summed E-state index contributed by atoms with van der Waals surface area (Å²) in [4.78, 5) is 31.7. The average Bonchev–Trinajstić information content (AvgIpc) is 3.23. The molecule has 0 saturated carbocycles. The van der Waals surface area contributed by atoms with E-state index in [1.165, 1.54) is 17.3 Å². The minimum absolute atomic E-state index is 0.0330. The van der Waals surface area contributed by atoms with Gasteiger partial charge >= 0.3 is 18.6 Å². The second-order valence-electron chi connectivity index (χ2n) is 7.61. The Labute approximate surface area is 199 Å². The van der Waals surface area contributed by atoms with Crippen LogP contribution in [0.3, 0.4) is 0 Å². The lowest BCUT2D eigenvalue weighted by atomic mass is 10.1. The number of hydrogen-bond donors (Lipinski definition) is 1. The molecule has 0 radical (unpaired) electrons. The molecule has 0 aliphatic carbocycles. The van der Waals surface area contributed by atoms with E-state index in [9.17, 15) is 35.9 Å². The second-order valence-corrected chi connectivity index (χ2v) is 8.49. The maximum atomic E-state index is 13.8. The molecule has 1 atom stereocenters. The third kappa shape index (κ3) is 6.52. The summed E-state index contributed by atoms with van der Waals surface area (Å²) < 4.78 is 85.4. The fraction of sp³-hybridized carbons (Fsp3) is 0.550. The molecule has 0 spiro atoms. The SMILES string of the molecule is CNC(=O)c1csc2c(C(F)(F)F)cc(C(C)N3CCN(C(=O)OCCOC(F)(F)F)CC3)nc12. The molecular weight excluding hydrogens is 506 g/mol. The van der Waals surface area contributed by atoms with Gasteiger partial charge in [-0.15, -0.1) is 24.5 Å². The van der Waals surface area contributed by atoms with Crippen molar-refractivity contribution in [1.82, 2.24) is 20.1 Å². The molecule has 15 heteroatoms. The highest BCUT2D eigenvalue weighted by atomic mass is 32.1. The number of amides is 2. The van der Waals surface area contributed by atoms with Crippen LogP contribution < -0.4 is 5.32 Å². The summed E-state index contributed by atoms with van der Waals surface area (Å²) in [6, 6.07) is 0.398. The molecule has 0 bridgehead atoms. The number of alkyl halides is 6. The first-order chi connectivity index (χ1) is 16.3. The average molecular weight is 528 g/mol. The lowest BCUT2D eigenvalue weighted by Crippen LogP contribution is -2.49. The lowest BCUT2D eigenvalue weighted by molar-refractivity contribution is -0.326. The van der Waals surface area contributed by atoms with E-state index in [-0.39, 0.29) is 47.7 Å². The third-order valence-electron chi connectivity index (χ3n) is 5.44. The fourth-order valence-electron chi connectivity index (χ4n) is 3.61. The molecule has 1 fully saturated rings. The summed E-state index contributed by atoms with van der Waals surface area (Å²) in [5.41, 5.74) is -0.745. The van der Waals surface area contributed by atoms with Crippen LogP contribution >= 0.6 is 11.3 Å². The van der Waals surface area contributed by atoms with Crippen LogP contribution in [0, 0.1) is 0 Å². The van der Waals surface area contributed by atoms with Crippen LogP contribution in [0.2, 0.25) is 0 Å². The van der Waals surface area contributed by atoms with Gasteiger partial charge in [0.1, 0.15) is 6.61 Å². The Kier molecular flexibility index (Phi) is 8.11. The van der Waals surface area contributed by atoms with E-state index in [0.717, 1.165) is 17.4 Å². The Morgan fingerprint density at radius 3 is 2.37 bits per heavy atom. The van der Waals surface area contributed by atoms with Crippen molar-refractivity contribution in [2.24, 2.45) is 0 Å². The van der Waals surface area contributed by atoms with Crippen LogP contribution in [-0.4, -0.2) is 79.6 Å². The zero-order valence-corrected chi connectivity index (χ0v) is 19.4. The lowest BCUT2D eigenvalue weighted by Gasteiger charge is -2.37. The summed E-state index contributed by atoms with van der Waals surface area (Å²) in [6.45, 7) is 1.10. The zero-order chi connectivity index (χ0) is 26.0. The standard InChI is InChI=1S/C20H22F6N4O4S/c1-11(29-3-5-30(6-4-29)18(32)33-7-8-34-20(24,25)26)14-9-13(19(21,22)23)16-15(28-14)12(10-35-16)17(31)27-2/h9-11H,3-8H2,1-2H3,(H,27,31). The van der Waals surface area contributed by atoms with Crippen LogP contribution in [-0.2, 0) is 15.7 Å². The molecule has 3 rings (SSSR count). The predicted octanol–water partition coefficient (Wildman–Crippen LogP) is 4.03. The highest BCUT2D eigenvalue weighted by Gasteiger charge is 2.36. The van der Waals surface area contributed by atoms with Crippen molar-refractivity contribution in [3.8, 4) is 0 Å². The number of nitrogens with one attached hydrogen (secondary N) is 1. The first-order valence-electron chi connectivity index (χ1n) is 10.4. The van der Waals surface area contributed by atoms with Crippen molar-refractivity contribution in [1.29, 1.82) is 0 Å². The maximum Gasteiger partial charge on any atom is 0.522 e. The van der Waals surface area contributed by atoms with Gasteiger partial charge in [0.25, 0.3) is 5.91 Å². The van der Waals surface area contributed by atoms with Crippen LogP contribution in [0.25, 0.3) is 10.2 Å². The van der Waals surface area contributed by atoms with E-state index in [2.05, 4.69) is 15.0 Å². The molecule has 35 heavy (non-hydrogen) atoms. The molecule has 1 unspecified atom stereocenters. The normalized spacial score (nSPS) is 16.4. The number of fused-ring (bicyclic) bond motifs is 1. The molecule has 2 amide bonds. The predicted molar refractivity (Wildman–Crippen MR) is 113 cm³/mol. The quantitative estimate of drug-likeness (QED) is 0.451. The largest absolute Gasteiger partial charge is 0.522 e. The van der Waals surface area contributed by atoms with Gasteiger partial charge in [-0.05, 0) is 13.0 Å². The fourth-order valence-corrected chi connectivity index (χ4v) is 4.63. The van der Waals surface area contributed by atoms with Gasteiger partial charge in [-0.2, -0.15) is 13.2 Å². The molecular formula is C20H22F6N4O4S. The Morgan fingerprint density at radius 2 is 1.80 bits per heavy atom. The molecule has 1 aliphatic heterocycles. The highest BCUT2D eigenvalue weighted by molar-refractivity contribution is 7.17. The van der Waals surface area contributed by atoms with Gasteiger partial charge < -0.3 is 15.0 Å². The van der Waals surface area contributed by atoms with Crippen molar-refractivity contribution in [3.05, 3.63) is 28.3 Å². The zero-order valence-electron chi connectivity index (χ0n) is 18.6. The number of thiophene rings is 1. The monoisotopic (exact) mass is 528 g/mol. The Morgan fingerprint density at radius 1 is 1.14 bits per heavy atom. The topological polar surface area (TPSA) is 84.0 Å². The molecule has 194 valence electrons. The van der Waals surface area contributed by atoms with Gasteiger partial charge in [0.2, 0.25) is 0 Å². The van der Waals surface area contributed by atoms with Gasteiger partial charge in [0, 0.05) is 44.6 Å². The second kappa shape index (κ2) is 10.5. The summed E-state index contributed by atoms with van der Waals surface area (Å²) in [5, 5.41) is 3.73. The Hall–Kier alpha value is -2.65. The first kappa shape index (κ1) is 26.9. The van der Waals surface area contributed by atoms with Gasteiger partial charge in [-0.3, -0.25) is 14.4 Å². The van der Waals surface area contributed by atoms with Gasteiger partial charge in [-0.25, -0.2) is 9.78 Å². The molecule has 1 N–H and O–H groups in total. The van der Waals surface area contributed by atoms with Crippen LogP contribution in [0.4, 0.5) is 31.1 Å². The number of pyridine rings is 1. The molecule has 8 nitrogen and oxygen atoms in total. The number of halogens is 6. The number of rotatable bonds is 6. The summed E-state index contributed by atoms with van der Waals surface area (Å²) in [5.74, 6) is -0.547. The number of nitrogens with zero attached hydrogens (tertiary/aromatic N) is 3. The van der Waals surface area contributed by atoms with Gasteiger partial charge in [0.05, 0.1) is 33.6 Å². The number of piperazine rings is 1. The summed E-state index contributed by atoms with van der Waals surface area (Å²) in [6.07, 6.45) is -10.3. The highest BCUT2D eigenvalue weighted by Crippen LogP contribution is 2.40. The van der Waals surface area contributed by atoms with E-state index in [1.54, 1.807) is 6.92 Å². The van der Waals surface area contributed by atoms with E-state index in [4.69, 9.17) is 4.74 Å². The molecule has 2 aromatic rings. The number of hydrogen-bond acceptors (Lipinski definition) is 7.